The largest absolute Gasteiger partial charge is 0.370 e. The van der Waals surface area contributed by atoms with Crippen molar-refractivity contribution in [2.75, 3.05) is 17.3 Å². The Balaban J connectivity index is 1.75. The van der Waals surface area contributed by atoms with E-state index in [1.165, 1.54) is 38.5 Å². The fourth-order valence-electron chi connectivity index (χ4n) is 2.59. The molecule has 2 rings (SSSR count). The minimum Gasteiger partial charge on any atom is -0.370 e. The first-order chi connectivity index (χ1) is 8.79. The Kier molecular flexibility index (Phi) is 4.75. The number of rotatable bonds is 6. The Hall–Kier alpha value is -1.36. The van der Waals surface area contributed by atoms with Crippen LogP contribution in [-0.2, 0) is 0 Å². The minimum atomic E-state index is 0.457. The molecule has 0 radical (unpaired) electrons. The molecule has 0 atom stereocenters. The van der Waals surface area contributed by atoms with E-state index in [9.17, 15) is 0 Å². The molecule has 4 N–H and O–H groups in total. The lowest BCUT2D eigenvalue weighted by atomic mass is 10.0. The van der Waals surface area contributed by atoms with Crippen LogP contribution < -0.4 is 16.6 Å². The summed E-state index contributed by atoms with van der Waals surface area (Å²) in [6.07, 6.45) is 10.0. The molecule has 5 nitrogen and oxygen atoms in total. The lowest BCUT2D eigenvalue weighted by molar-refractivity contribution is 0.491. The maximum absolute atomic E-state index is 5.30. The Labute approximate surface area is 109 Å². The normalized spacial score (nSPS) is 15.9. The third-order valence-corrected chi connectivity index (χ3v) is 3.66. The summed E-state index contributed by atoms with van der Waals surface area (Å²) < 4.78 is 0. The van der Waals surface area contributed by atoms with Crippen molar-refractivity contribution >= 4 is 11.8 Å². The molecule has 1 aliphatic rings. The van der Waals surface area contributed by atoms with Gasteiger partial charge in [-0.15, -0.1) is 0 Å². The molecule has 1 fully saturated rings. The first-order valence-electron chi connectivity index (χ1n) is 6.83. The van der Waals surface area contributed by atoms with Gasteiger partial charge in [-0.2, -0.15) is 4.98 Å². The van der Waals surface area contributed by atoms with Gasteiger partial charge in [0.05, 0.1) is 0 Å². The van der Waals surface area contributed by atoms with Crippen LogP contribution in [0.1, 0.15) is 44.1 Å². The summed E-state index contributed by atoms with van der Waals surface area (Å²) >= 11 is 0. The summed E-state index contributed by atoms with van der Waals surface area (Å²) in [4.78, 5) is 8.36. The van der Waals surface area contributed by atoms with Crippen LogP contribution in [0.25, 0.3) is 0 Å². The highest BCUT2D eigenvalue weighted by Gasteiger charge is 2.14. The second-order valence-electron chi connectivity index (χ2n) is 5.09. The average Bonchev–Trinajstić information content (AvgIpc) is 2.89. The van der Waals surface area contributed by atoms with Crippen LogP contribution >= 0.6 is 0 Å². The van der Waals surface area contributed by atoms with Crippen molar-refractivity contribution in [3.05, 3.63) is 11.8 Å². The summed E-state index contributed by atoms with van der Waals surface area (Å²) in [7, 11) is 0. The third kappa shape index (κ3) is 3.57. The van der Waals surface area contributed by atoms with Gasteiger partial charge >= 0.3 is 0 Å². The van der Waals surface area contributed by atoms with Crippen LogP contribution in [0.3, 0.4) is 0 Å². The lowest BCUT2D eigenvalue weighted by Crippen LogP contribution is -2.13. The molecule has 0 aromatic carbocycles. The fraction of sp³-hybridized carbons (Fsp3) is 0.692. The maximum atomic E-state index is 5.30. The molecule has 0 bridgehead atoms. The second-order valence-corrected chi connectivity index (χ2v) is 5.09. The summed E-state index contributed by atoms with van der Waals surface area (Å²) in [6, 6.07) is 0. The van der Waals surface area contributed by atoms with Gasteiger partial charge in [0.2, 0.25) is 5.95 Å². The Morgan fingerprint density at radius 1 is 1.39 bits per heavy atom. The van der Waals surface area contributed by atoms with Crippen molar-refractivity contribution in [1.82, 2.24) is 9.97 Å². The molecule has 1 heterocycles. The number of hydrogen-bond donors (Lipinski definition) is 3. The molecule has 1 aliphatic carbocycles. The fourth-order valence-corrected chi connectivity index (χ4v) is 2.59. The van der Waals surface area contributed by atoms with Crippen molar-refractivity contribution in [1.29, 1.82) is 0 Å². The molecule has 0 aliphatic heterocycles. The molecule has 0 spiro atoms. The number of hydrogen-bond acceptors (Lipinski definition) is 5. The van der Waals surface area contributed by atoms with Crippen LogP contribution in [0.2, 0.25) is 0 Å². The zero-order valence-corrected chi connectivity index (χ0v) is 11.1. The molecular weight excluding hydrogens is 226 g/mol. The van der Waals surface area contributed by atoms with Gasteiger partial charge in [0.15, 0.2) is 0 Å². The molecule has 5 heteroatoms. The quantitative estimate of drug-likeness (QED) is 0.410. The summed E-state index contributed by atoms with van der Waals surface area (Å²) in [5.74, 6) is 7.60. The molecule has 18 heavy (non-hydrogen) atoms. The van der Waals surface area contributed by atoms with Crippen molar-refractivity contribution in [2.24, 2.45) is 11.8 Å². The number of nitrogen functional groups attached to an aromatic ring is 1. The van der Waals surface area contributed by atoms with E-state index in [-0.39, 0.29) is 0 Å². The van der Waals surface area contributed by atoms with E-state index in [2.05, 4.69) is 20.7 Å². The van der Waals surface area contributed by atoms with E-state index in [4.69, 9.17) is 5.84 Å². The van der Waals surface area contributed by atoms with Gasteiger partial charge in [-0.05, 0) is 25.7 Å². The number of hydrazine groups is 1. The Bertz CT molecular complexity index is 374. The predicted molar refractivity (Wildman–Crippen MR) is 74.3 cm³/mol. The average molecular weight is 249 g/mol. The van der Waals surface area contributed by atoms with E-state index in [0.717, 1.165) is 23.8 Å². The highest BCUT2D eigenvalue weighted by Crippen LogP contribution is 2.28. The molecule has 1 aromatic heterocycles. The number of nitrogens with two attached hydrogens (primary N) is 1. The monoisotopic (exact) mass is 249 g/mol. The Morgan fingerprint density at radius 3 is 2.89 bits per heavy atom. The van der Waals surface area contributed by atoms with Crippen molar-refractivity contribution in [3.8, 4) is 0 Å². The van der Waals surface area contributed by atoms with Gasteiger partial charge in [-0.1, -0.05) is 25.7 Å². The number of nitrogens with one attached hydrogen (secondary N) is 2. The molecule has 100 valence electrons. The second kappa shape index (κ2) is 6.54. The number of nitrogens with zero attached hydrogens (tertiary/aromatic N) is 2. The molecule has 0 unspecified atom stereocenters. The molecule has 0 saturated heterocycles. The van der Waals surface area contributed by atoms with E-state index in [1.807, 2.05) is 6.92 Å². The van der Waals surface area contributed by atoms with E-state index >= 15 is 0 Å². The van der Waals surface area contributed by atoms with E-state index in [1.54, 1.807) is 6.20 Å². The summed E-state index contributed by atoms with van der Waals surface area (Å²) in [6.45, 7) is 2.97. The SMILES string of the molecule is Cc1cnc(NN)nc1NCCCC1CCCC1. The number of anilines is 2. The van der Waals surface area contributed by atoms with Crippen LogP contribution in [0, 0.1) is 12.8 Å². The van der Waals surface area contributed by atoms with Gasteiger partial charge in [0.25, 0.3) is 0 Å². The molecular formula is C13H23N5. The lowest BCUT2D eigenvalue weighted by Gasteiger charge is -2.11. The first kappa shape index (κ1) is 13.1. The molecule has 1 saturated carbocycles. The van der Waals surface area contributed by atoms with Crippen molar-refractivity contribution in [3.63, 3.8) is 0 Å². The highest BCUT2D eigenvalue weighted by molar-refractivity contribution is 5.45. The summed E-state index contributed by atoms with van der Waals surface area (Å²) in [5, 5.41) is 3.36. The van der Waals surface area contributed by atoms with Gasteiger partial charge in [0.1, 0.15) is 5.82 Å². The topological polar surface area (TPSA) is 75.9 Å². The van der Waals surface area contributed by atoms with Crippen molar-refractivity contribution < 1.29 is 0 Å². The standard InChI is InChI=1S/C13H23N5/c1-10-9-16-13(18-14)17-12(10)15-8-4-7-11-5-2-3-6-11/h9,11H,2-8,14H2,1H3,(H2,15,16,17,18). The third-order valence-electron chi connectivity index (χ3n) is 3.66. The van der Waals surface area contributed by atoms with E-state index in [0.29, 0.717) is 5.95 Å². The zero-order chi connectivity index (χ0) is 12.8. The van der Waals surface area contributed by atoms with Gasteiger partial charge in [0, 0.05) is 18.3 Å². The minimum absolute atomic E-state index is 0.457. The number of aryl methyl sites for hydroxylation is 1. The smallest absolute Gasteiger partial charge is 0.239 e. The van der Waals surface area contributed by atoms with Gasteiger partial charge in [-0.3, -0.25) is 5.43 Å². The first-order valence-corrected chi connectivity index (χ1v) is 6.83. The highest BCUT2D eigenvalue weighted by atomic mass is 15.3. The molecule has 0 amide bonds. The summed E-state index contributed by atoms with van der Waals surface area (Å²) in [5.41, 5.74) is 3.52. The van der Waals surface area contributed by atoms with Gasteiger partial charge in [-0.25, -0.2) is 10.8 Å². The van der Waals surface area contributed by atoms with Crippen molar-refractivity contribution in [2.45, 2.75) is 45.4 Å². The zero-order valence-electron chi connectivity index (χ0n) is 11.1. The van der Waals surface area contributed by atoms with E-state index < -0.39 is 0 Å². The van der Waals surface area contributed by atoms with Crippen LogP contribution in [0.4, 0.5) is 11.8 Å². The van der Waals surface area contributed by atoms with Crippen LogP contribution in [0.5, 0.6) is 0 Å². The van der Waals surface area contributed by atoms with Crippen LogP contribution in [0.15, 0.2) is 6.20 Å². The Morgan fingerprint density at radius 2 is 2.17 bits per heavy atom. The maximum Gasteiger partial charge on any atom is 0.239 e. The predicted octanol–water partition coefficient (Wildman–Crippen LogP) is 2.45. The van der Waals surface area contributed by atoms with Gasteiger partial charge < -0.3 is 5.32 Å². The molecule has 1 aromatic rings. The van der Waals surface area contributed by atoms with Crippen LogP contribution in [-0.4, -0.2) is 16.5 Å². The number of aromatic nitrogens is 2.